The monoisotopic (exact) mass is 336 g/mol. The summed E-state index contributed by atoms with van der Waals surface area (Å²) in [6, 6.07) is 13.2. The fraction of sp³-hybridized carbons (Fsp3) is 0.316. The van der Waals surface area contributed by atoms with Gasteiger partial charge in [0, 0.05) is 30.8 Å². The minimum Gasteiger partial charge on any atom is -0.497 e. The standard InChI is InChI=1S/C19H20N4O2/c1-25-16-8-4-6-14(12-16)19(24)22-10-5-7-15(13-22)18-21-20-17-9-2-3-11-23(17)18/h2-4,6,8-9,11-12,15H,5,7,10,13H2,1H3/t15-/m1/s1. The number of pyridine rings is 1. The van der Waals surface area contributed by atoms with E-state index in [4.69, 9.17) is 4.74 Å². The van der Waals surface area contributed by atoms with Crippen LogP contribution in [-0.2, 0) is 0 Å². The van der Waals surface area contributed by atoms with Crippen molar-refractivity contribution in [2.75, 3.05) is 20.2 Å². The van der Waals surface area contributed by atoms with Gasteiger partial charge >= 0.3 is 0 Å². The first-order valence-corrected chi connectivity index (χ1v) is 8.49. The second-order valence-corrected chi connectivity index (χ2v) is 6.31. The van der Waals surface area contributed by atoms with E-state index in [0.29, 0.717) is 17.9 Å². The summed E-state index contributed by atoms with van der Waals surface area (Å²) in [5, 5.41) is 8.61. The lowest BCUT2D eigenvalue weighted by Crippen LogP contribution is -2.39. The first-order valence-electron chi connectivity index (χ1n) is 8.49. The summed E-state index contributed by atoms with van der Waals surface area (Å²) in [5.74, 6) is 1.86. The van der Waals surface area contributed by atoms with Crippen LogP contribution in [0.5, 0.6) is 5.75 Å². The van der Waals surface area contributed by atoms with Gasteiger partial charge in [0.15, 0.2) is 5.65 Å². The summed E-state index contributed by atoms with van der Waals surface area (Å²) in [5.41, 5.74) is 1.50. The number of aromatic nitrogens is 3. The largest absolute Gasteiger partial charge is 0.497 e. The van der Waals surface area contributed by atoms with E-state index in [-0.39, 0.29) is 11.8 Å². The Morgan fingerprint density at radius 3 is 3.00 bits per heavy atom. The Hall–Kier alpha value is -2.89. The highest BCUT2D eigenvalue weighted by atomic mass is 16.5. The molecule has 0 saturated carbocycles. The second kappa shape index (κ2) is 6.55. The van der Waals surface area contributed by atoms with Gasteiger partial charge in [0.05, 0.1) is 7.11 Å². The molecular formula is C19H20N4O2. The highest BCUT2D eigenvalue weighted by molar-refractivity contribution is 5.94. The van der Waals surface area contributed by atoms with Crippen LogP contribution < -0.4 is 4.74 Å². The highest BCUT2D eigenvalue weighted by Crippen LogP contribution is 2.27. The van der Waals surface area contributed by atoms with Crippen LogP contribution in [-0.4, -0.2) is 45.6 Å². The Morgan fingerprint density at radius 2 is 2.12 bits per heavy atom. The number of amides is 1. The maximum atomic E-state index is 12.9. The molecule has 0 aliphatic carbocycles. The molecule has 3 heterocycles. The Kier molecular flexibility index (Phi) is 4.09. The van der Waals surface area contributed by atoms with Gasteiger partial charge in [-0.1, -0.05) is 12.1 Å². The predicted octanol–water partition coefficient (Wildman–Crippen LogP) is 2.76. The highest BCUT2D eigenvalue weighted by Gasteiger charge is 2.28. The maximum absolute atomic E-state index is 12.9. The molecule has 0 radical (unpaired) electrons. The molecule has 6 heteroatoms. The van der Waals surface area contributed by atoms with Gasteiger partial charge in [-0.3, -0.25) is 9.20 Å². The predicted molar refractivity (Wildman–Crippen MR) is 93.9 cm³/mol. The molecule has 6 nitrogen and oxygen atoms in total. The van der Waals surface area contributed by atoms with E-state index in [9.17, 15) is 4.79 Å². The summed E-state index contributed by atoms with van der Waals surface area (Å²) in [4.78, 5) is 14.8. The van der Waals surface area contributed by atoms with Crippen LogP contribution in [0.25, 0.3) is 5.65 Å². The van der Waals surface area contributed by atoms with Crippen LogP contribution >= 0.6 is 0 Å². The van der Waals surface area contributed by atoms with E-state index in [1.54, 1.807) is 13.2 Å². The SMILES string of the molecule is COc1cccc(C(=O)N2CCC[C@@H](c3nnc4ccccn34)C2)c1. The van der Waals surface area contributed by atoms with Gasteiger partial charge < -0.3 is 9.64 Å². The summed E-state index contributed by atoms with van der Waals surface area (Å²) in [6.45, 7) is 1.43. The van der Waals surface area contributed by atoms with Crippen molar-refractivity contribution in [3.05, 3.63) is 60.0 Å². The summed E-state index contributed by atoms with van der Waals surface area (Å²) < 4.78 is 7.25. The zero-order chi connectivity index (χ0) is 17.2. The van der Waals surface area contributed by atoms with Crippen molar-refractivity contribution >= 4 is 11.6 Å². The van der Waals surface area contributed by atoms with E-state index in [2.05, 4.69) is 10.2 Å². The Labute approximate surface area is 146 Å². The van der Waals surface area contributed by atoms with Gasteiger partial charge in [-0.05, 0) is 43.2 Å². The third-order valence-corrected chi connectivity index (χ3v) is 4.73. The number of ether oxygens (including phenoxy) is 1. The fourth-order valence-corrected chi connectivity index (χ4v) is 3.45. The molecule has 1 atom stereocenters. The summed E-state index contributed by atoms with van der Waals surface area (Å²) in [7, 11) is 1.61. The second-order valence-electron chi connectivity index (χ2n) is 6.31. The maximum Gasteiger partial charge on any atom is 0.254 e. The molecule has 1 amide bonds. The van der Waals surface area contributed by atoms with Gasteiger partial charge in [-0.2, -0.15) is 0 Å². The molecule has 1 aromatic carbocycles. The molecule has 128 valence electrons. The molecule has 4 rings (SSSR count). The number of benzene rings is 1. The first kappa shape index (κ1) is 15.6. The van der Waals surface area contributed by atoms with Crippen LogP contribution in [0.1, 0.15) is 34.9 Å². The zero-order valence-electron chi connectivity index (χ0n) is 14.1. The summed E-state index contributed by atoms with van der Waals surface area (Å²) in [6.07, 6.45) is 3.95. The van der Waals surface area contributed by atoms with E-state index in [0.717, 1.165) is 30.9 Å². The van der Waals surface area contributed by atoms with Crippen LogP contribution in [0.15, 0.2) is 48.7 Å². The molecule has 25 heavy (non-hydrogen) atoms. The number of nitrogens with zero attached hydrogens (tertiary/aromatic N) is 4. The Bertz CT molecular complexity index is 905. The molecule has 2 aromatic heterocycles. The molecular weight excluding hydrogens is 316 g/mol. The molecule has 1 fully saturated rings. The lowest BCUT2D eigenvalue weighted by atomic mass is 9.96. The van der Waals surface area contributed by atoms with Gasteiger partial charge in [0.1, 0.15) is 11.6 Å². The van der Waals surface area contributed by atoms with E-state index >= 15 is 0 Å². The van der Waals surface area contributed by atoms with Crippen molar-refractivity contribution in [3.8, 4) is 5.75 Å². The van der Waals surface area contributed by atoms with Gasteiger partial charge in [0.2, 0.25) is 0 Å². The van der Waals surface area contributed by atoms with Gasteiger partial charge in [-0.25, -0.2) is 0 Å². The van der Waals surface area contributed by atoms with Crippen molar-refractivity contribution in [2.24, 2.45) is 0 Å². The number of carbonyl (C=O) groups excluding carboxylic acids is 1. The molecule has 1 saturated heterocycles. The molecule has 1 aliphatic heterocycles. The quantitative estimate of drug-likeness (QED) is 0.738. The third-order valence-electron chi connectivity index (χ3n) is 4.73. The van der Waals surface area contributed by atoms with E-state index in [1.807, 2.05) is 51.9 Å². The third kappa shape index (κ3) is 2.95. The Morgan fingerprint density at radius 1 is 1.20 bits per heavy atom. The summed E-state index contributed by atoms with van der Waals surface area (Å²) >= 11 is 0. The number of hydrogen-bond acceptors (Lipinski definition) is 4. The van der Waals surface area contributed by atoms with Crippen LogP contribution in [0.3, 0.4) is 0 Å². The van der Waals surface area contributed by atoms with Gasteiger partial charge in [0.25, 0.3) is 5.91 Å². The number of likely N-dealkylation sites (tertiary alicyclic amines) is 1. The lowest BCUT2D eigenvalue weighted by molar-refractivity contribution is 0.0704. The number of fused-ring (bicyclic) bond motifs is 1. The number of carbonyl (C=O) groups is 1. The van der Waals surface area contributed by atoms with Crippen LogP contribution in [0.2, 0.25) is 0 Å². The lowest BCUT2D eigenvalue weighted by Gasteiger charge is -2.32. The van der Waals surface area contributed by atoms with Crippen LogP contribution in [0.4, 0.5) is 0 Å². The molecule has 3 aromatic rings. The number of rotatable bonds is 3. The minimum absolute atomic E-state index is 0.0393. The van der Waals surface area contributed by atoms with Crippen molar-refractivity contribution in [2.45, 2.75) is 18.8 Å². The molecule has 0 N–H and O–H groups in total. The van der Waals surface area contributed by atoms with Gasteiger partial charge in [-0.15, -0.1) is 10.2 Å². The smallest absolute Gasteiger partial charge is 0.254 e. The average Bonchev–Trinajstić information content (AvgIpc) is 3.12. The first-order chi connectivity index (χ1) is 12.3. The zero-order valence-corrected chi connectivity index (χ0v) is 14.1. The van der Waals surface area contributed by atoms with E-state index in [1.165, 1.54) is 0 Å². The topological polar surface area (TPSA) is 59.7 Å². The van der Waals surface area contributed by atoms with Crippen molar-refractivity contribution in [3.63, 3.8) is 0 Å². The molecule has 0 spiro atoms. The minimum atomic E-state index is 0.0393. The normalized spacial score (nSPS) is 17.6. The number of methoxy groups -OCH3 is 1. The van der Waals surface area contributed by atoms with Crippen molar-refractivity contribution in [1.29, 1.82) is 0 Å². The average molecular weight is 336 g/mol. The van der Waals surface area contributed by atoms with Crippen molar-refractivity contribution < 1.29 is 9.53 Å². The van der Waals surface area contributed by atoms with E-state index < -0.39 is 0 Å². The number of hydrogen-bond donors (Lipinski definition) is 0. The Balaban J connectivity index is 1.57. The van der Waals surface area contributed by atoms with Crippen LogP contribution in [0, 0.1) is 0 Å². The van der Waals surface area contributed by atoms with Crippen molar-refractivity contribution in [1.82, 2.24) is 19.5 Å². The number of piperidine rings is 1. The molecule has 0 bridgehead atoms. The fourth-order valence-electron chi connectivity index (χ4n) is 3.45. The molecule has 0 unspecified atom stereocenters. The molecule has 1 aliphatic rings.